The summed E-state index contributed by atoms with van der Waals surface area (Å²) in [6, 6.07) is 13.6. The van der Waals surface area contributed by atoms with Crippen molar-refractivity contribution in [2.45, 2.75) is 59.1 Å². The lowest BCUT2D eigenvalue weighted by atomic mass is 10.0. The van der Waals surface area contributed by atoms with Gasteiger partial charge < -0.3 is 0 Å². The van der Waals surface area contributed by atoms with Crippen LogP contribution in [0.15, 0.2) is 74.2 Å². The van der Waals surface area contributed by atoms with E-state index in [4.69, 9.17) is 23.2 Å². The Kier molecular flexibility index (Phi) is 9.85. The van der Waals surface area contributed by atoms with Gasteiger partial charge in [0, 0.05) is 34.3 Å². The van der Waals surface area contributed by atoms with Crippen LogP contribution in [0.4, 0.5) is 5.82 Å². The van der Waals surface area contributed by atoms with Crippen molar-refractivity contribution in [3.63, 3.8) is 0 Å². The minimum absolute atomic E-state index is 0.0366. The SMILES string of the molecule is CC(C)CC(=O)c1nc(NS(=O)(=O)c2ccc(Cl)cc2Cl)ccc1Sc1ccc(S(=O)(=O)N2CCCCC2)cc1. The number of Topliss-reactive ketones (excluding diaryl/α,β-unsaturated/α-hetero) is 1. The number of nitrogens with one attached hydrogen (secondary N) is 1. The molecule has 2 heterocycles. The normalized spacial score (nSPS) is 14.8. The third kappa shape index (κ3) is 7.37. The Morgan fingerprint density at radius 3 is 2.27 bits per heavy atom. The van der Waals surface area contributed by atoms with Gasteiger partial charge in [-0.05, 0) is 73.4 Å². The van der Waals surface area contributed by atoms with Gasteiger partial charge >= 0.3 is 0 Å². The van der Waals surface area contributed by atoms with E-state index in [-0.39, 0.29) is 44.4 Å². The lowest BCUT2D eigenvalue weighted by Crippen LogP contribution is -2.35. The summed E-state index contributed by atoms with van der Waals surface area (Å²) >= 11 is 13.2. The molecule has 1 N–H and O–H groups in total. The zero-order valence-corrected chi connectivity index (χ0v) is 25.9. The number of piperidine rings is 1. The van der Waals surface area contributed by atoms with Crippen molar-refractivity contribution in [1.82, 2.24) is 9.29 Å². The first-order valence-corrected chi connectivity index (χ1v) is 17.2. The Bertz CT molecular complexity index is 1610. The monoisotopic (exact) mass is 641 g/mol. The third-order valence-electron chi connectivity index (χ3n) is 6.14. The predicted octanol–water partition coefficient (Wildman–Crippen LogP) is 6.74. The lowest BCUT2D eigenvalue weighted by Gasteiger charge is -2.25. The first-order chi connectivity index (χ1) is 18.9. The number of hydrogen-bond acceptors (Lipinski definition) is 7. The maximum Gasteiger partial charge on any atom is 0.264 e. The van der Waals surface area contributed by atoms with Gasteiger partial charge in [0.25, 0.3) is 10.0 Å². The van der Waals surface area contributed by atoms with Crippen molar-refractivity contribution in [3.05, 3.63) is 70.3 Å². The summed E-state index contributed by atoms with van der Waals surface area (Å²) < 4.78 is 55.8. The minimum Gasteiger partial charge on any atom is -0.292 e. The van der Waals surface area contributed by atoms with Gasteiger partial charge in [0.1, 0.15) is 16.4 Å². The number of rotatable bonds is 10. The molecule has 0 atom stereocenters. The van der Waals surface area contributed by atoms with Crippen LogP contribution in [0, 0.1) is 5.92 Å². The maximum absolute atomic E-state index is 13.1. The smallest absolute Gasteiger partial charge is 0.264 e. The molecule has 2 aromatic carbocycles. The number of benzene rings is 2. The van der Waals surface area contributed by atoms with E-state index >= 15 is 0 Å². The summed E-state index contributed by atoms with van der Waals surface area (Å²) in [7, 11) is -7.67. The topological polar surface area (TPSA) is 114 Å². The highest BCUT2D eigenvalue weighted by molar-refractivity contribution is 7.99. The molecule has 1 fully saturated rings. The molecular formula is C27H29Cl2N3O5S3. The Hall–Kier alpha value is -2.15. The first-order valence-electron chi connectivity index (χ1n) is 12.7. The van der Waals surface area contributed by atoms with E-state index in [1.54, 1.807) is 30.3 Å². The Labute approximate surface area is 249 Å². The molecule has 1 aliphatic heterocycles. The molecule has 214 valence electrons. The zero-order chi connectivity index (χ0) is 29.1. The van der Waals surface area contributed by atoms with Crippen LogP contribution >= 0.6 is 35.0 Å². The molecule has 1 aromatic heterocycles. The van der Waals surface area contributed by atoms with E-state index in [1.165, 1.54) is 40.3 Å². The van der Waals surface area contributed by atoms with Gasteiger partial charge in [-0.25, -0.2) is 21.8 Å². The van der Waals surface area contributed by atoms with Crippen molar-refractivity contribution in [2.24, 2.45) is 5.92 Å². The fourth-order valence-electron chi connectivity index (χ4n) is 4.20. The van der Waals surface area contributed by atoms with Crippen molar-refractivity contribution in [1.29, 1.82) is 0 Å². The molecule has 3 aromatic rings. The highest BCUT2D eigenvalue weighted by Gasteiger charge is 2.26. The number of halogens is 2. The molecule has 40 heavy (non-hydrogen) atoms. The third-order valence-corrected chi connectivity index (χ3v) is 11.2. The van der Waals surface area contributed by atoms with E-state index in [2.05, 4.69) is 9.71 Å². The molecule has 4 rings (SSSR count). The van der Waals surface area contributed by atoms with Crippen LogP contribution in [0.3, 0.4) is 0 Å². The van der Waals surface area contributed by atoms with Crippen LogP contribution in [-0.4, -0.2) is 45.0 Å². The maximum atomic E-state index is 13.1. The molecular weight excluding hydrogens is 613 g/mol. The van der Waals surface area contributed by atoms with Crippen molar-refractivity contribution < 1.29 is 21.6 Å². The number of nitrogens with zero attached hydrogens (tertiary/aromatic N) is 2. The van der Waals surface area contributed by atoms with Gasteiger partial charge in [0.15, 0.2) is 5.78 Å². The van der Waals surface area contributed by atoms with Crippen LogP contribution in [0.2, 0.25) is 10.0 Å². The number of ketones is 1. The summed E-state index contributed by atoms with van der Waals surface area (Å²) in [6.07, 6.45) is 2.95. The fourth-order valence-corrected chi connectivity index (χ4v) is 8.41. The van der Waals surface area contributed by atoms with Crippen molar-refractivity contribution in [2.75, 3.05) is 17.8 Å². The number of pyridine rings is 1. The molecule has 1 saturated heterocycles. The summed E-state index contributed by atoms with van der Waals surface area (Å²) in [4.78, 5) is 18.8. The molecule has 0 saturated carbocycles. The van der Waals surface area contributed by atoms with E-state index < -0.39 is 20.0 Å². The molecule has 1 aliphatic rings. The summed E-state index contributed by atoms with van der Waals surface area (Å²) in [5.74, 6) is -0.225. The number of anilines is 1. The molecule has 13 heteroatoms. The van der Waals surface area contributed by atoms with E-state index in [9.17, 15) is 21.6 Å². The van der Waals surface area contributed by atoms with Crippen LogP contribution in [0.25, 0.3) is 0 Å². The summed E-state index contributed by atoms with van der Waals surface area (Å²) in [5.41, 5.74) is 0.117. The Morgan fingerprint density at radius 1 is 0.975 bits per heavy atom. The number of carbonyl (C=O) groups excluding carboxylic acids is 1. The van der Waals surface area contributed by atoms with Gasteiger partial charge in [0.2, 0.25) is 10.0 Å². The second-order valence-corrected chi connectivity index (χ2v) is 15.3. The predicted molar refractivity (Wildman–Crippen MR) is 158 cm³/mol. The van der Waals surface area contributed by atoms with E-state index in [0.717, 1.165) is 19.3 Å². The molecule has 8 nitrogen and oxygen atoms in total. The number of carbonyl (C=O) groups is 1. The van der Waals surface area contributed by atoms with Crippen molar-refractivity contribution >= 4 is 66.6 Å². The quantitative estimate of drug-likeness (QED) is 0.244. The van der Waals surface area contributed by atoms with Gasteiger partial charge in [-0.3, -0.25) is 9.52 Å². The highest BCUT2D eigenvalue weighted by Crippen LogP contribution is 2.34. The second-order valence-electron chi connectivity index (χ2n) is 9.78. The van der Waals surface area contributed by atoms with Crippen LogP contribution in [0.5, 0.6) is 0 Å². The van der Waals surface area contributed by atoms with Gasteiger partial charge in [0.05, 0.1) is 9.92 Å². The van der Waals surface area contributed by atoms with Crippen LogP contribution in [-0.2, 0) is 20.0 Å². The summed E-state index contributed by atoms with van der Waals surface area (Å²) in [5, 5.41) is 0.246. The largest absolute Gasteiger partial charge is 0.292 e. The molecule has 0 aliphatic carbocycles. The van der Waals surface area contributed by atoms with Crippen LogP contribution < -0.4 is 4.72 Å². The van der Waals surface area contributed by atoms with Gasteiger partial charge in [-0.2, -0.15) is 4.31 Å². The zero-order valence-electron chi connectivity index (χ0n) is 21.9. The van der Waals surface area contributed by atoms with Gasteiger partial charge in [-0.15, -0.1) is 0 Å². The molecule has 0 amide bonds. The first kappa shape index (κ1) is 30.8. The lowest BCUT2D eigenvalue weighted by molar-refractivity contribution is 0.0960. The Balaban J connectivity index is 1.60. The number of hydrogen-bond donors (Lipinski definition) is 1. The molecule has 0 unspecified atom stereocenters. The Morgan fingerprint density at radius 2 is 1.65 bits per heavy atom. The van der Waals surface area contributed by atoms with Crippen molar-refractivity contribution in [3.8, 4) is 0 Å². The van der Waals surface area contributed by atoms with Crippen LogP contribution in [0.1, 0.15) is 50.0 Å². The number of aromatic nitrogens is 1. The van der Waals surface area contributed by atoms with E-state index in [0.29, 0.717) is 27.9 Å². The molecule has 0 spiro atoms. The fraction of sp³-hybridized carbons (Fsp3) is 0.333. The van der Waals surface area contributed by atoms with E-state index in [1.807, 2.05) is 13.8 Å². The average Bonchev–Trinajstić information content (AvgIpc) is 2.89. The molecule has 0 radical (unpaired) electrons. The second kappa shape index (κ2) is 12.8. The average molecular weight is 643 g/mol. The highest BCUT2D eigenvalue weighted by atomic mass is 35.5. The number of sulfonamides is 2. The summed E-state index contributed by atoms with van der Waals surface area (Å²) in [6.45, 7) is 4.85. The minimum atomic E-state index is -4.11. The standard InChI is InChI=1S/C27H29Cl2N3O5S3/c1-18(2)16-23(33)27-24(11-13-26(30-27)31-39(34,35)25-12-6-19(28)17-22(25)29)38-20-7-9-21(10-8-20)40(36,37)32-14-4-3-5-15-32/h6-13,17-18H,3-5,14-16H2,1-2H3,(H,30,31). The molecule has 0 bridgehead atoms. The van der Waals surface area contributed by atoms with Gasteiger partial charge in [-0.1, -0.05) is 55.2 Å².